The second kappa shape index (κ2) is 5.79. The minimum absolute atomic E-state index is 0.0387. The normalized spacial score (nSPS) is 9.71. The van der Waals surface area contributed by atoms with Crippen LogP contribution in [0.4, 0.5) is 10.1 Å². The molecule has 0 aliphatic carbocycles. The number of ether oxygens (including phenoxy) is 1. The van der Waals surface area contributed by atoms with Gasteiger partial charge in [-0.1, -0.05) is 6.07 Å². The predicted molar refractivity (Wildman–Crippen MR) is 69.7 cm³/mol. The summed E-state index contributed by atoms with van der Waals surface area (Å²) in [6.45, 7) is 0. The fourth-order valence-electron chi connectivity index (χ4n) is 1.68. The van der Waals surface area contributed by atoms with Gasteiger partial charge in [-0.25, -0.2) is 4.39 Å². The molecule has 0 saturated heterocycles. The van der Waals surface area contributed by atoms with Crippen LogP contribution in [0.25, 0.3) is 0 Å². The van der Waals surface area contributed by atoms with Crippen LogP contribution >= 0.6 is 0 Å². The summed E-state index contributed by atoms with van der Waals surface area (Å²) < 4.78 is 18.7. The van der Waals surface area contributed by atoms with E-state index in [4.69, 9.17) is 10.00 Å². The number of nitro benzene ring substituents is 1. The molecular weight excluding hydrogens is 279 g/mol. The number of hydrogen-bond acceptors (Lipinski definition) is 5. The first-order chi connectivity index (χ1) is 10.1. The van der Waals surface area contributed by atoms with Crippen LogP contribution in [0, 0.1) is 27.3 Å². The number of aldehydes is 1. The molecule has 0 fully saturated rings. The Morgan fingerprint density at radius 2 is 2.10 bits per heavy atom. The Balaban J connectivity index is 2.42. The number of hydrogen-bond donors (Lipinski definition) is 0. The SMILES string of the molecule is N#Cc1c(F)cccc1Oc1ccc([N+](=O)[O-])c(C=O)c1. The van der Waals surface area contributed by atoms with Gasteiger partial charge in [-0.3, -0.25) is 14.9 Å². The highest BCUT2D eigenvalue weighted by molar-refractivity contribution is 5.82. The minimum atomic E-state index is -0.743. The van der Waals surface area contributed by atoms with Gasteiger partial charge in [0.1, 0.15) is 28.9 Å². The summed E-state index contributed by atoms with van der Waals surface area (Å²) in [4.78, 5) is 20.9. The number of nitriles is 1. The van der Waals surface area contributed by atoms with E-state index in [2.05, 4.69) is 0 Å². The molecule has 0 atom stereocenters. The lowest BCUT2D eigenvalue weighted by Crippen LogP contribution is -1.96. The Kier molecular flexibility index (Phi) is 3.90. The van der Waals surface area contributed by atoms with Gasteiger partial charge in [0, 0.05) is 6.07 Å². The number of carbonyl (C=O) groups is 1. The van der Waals surface area contributed by atoms with E-state index >= 15 is 0 Å². The minimum Gasteiger partial charge on any atom is -0.456 e. The summed E-state index contributed by atoms with van der Waals surface area (Å²) in [5.41, 5.74) is -0.826. The molecule has 0 bridgehead atoms. The first kappa shape index (κ1) is 14.1. The number of nitrogens with zero attached hydrogens (tertiary/aromatic N) is 2. The molecule has 7 heteroatoms. The molecule has 2 aromatic rings. The number of halogens is 1. The molecule has 0 aliphatic rings. The molecule has 21 heavy (non-hydrogen) atoms. The second-order valence-corrected chi connectivity index (χ2v) is 3.92. The maximum Gasteiger partial charge on any atom is 0.280 e. The van der Waals surface area contributed by atoms with Crippen LogP contribution in [0.3, 0.4) is 0 Å². The summed E-state index contributed by atoms with van der Waals surface area (Å²) in [5.74, 6) is -0.694. The lowest BCUT2D eigenvalue weighted by molar-refractivity contribution is -0.385. The van der Waals surface area contributed by atoms with Crippen LogP contribution < -0.4 is 4.74 Å². The van der Waals surface area contributed by atoms with E-state index in [1.165, 1.54) is 18.2 Å². The number of rotatable bonds is 4. The quantitative estimate of drug-likeness (QED) is 0.488. The maximum absolute atomic E-state index is 13.4. The predicted octanol–water partition coefficient (Wildman–Crippen LogP) is 3.21. The molecule has 0 aromatic heterocycles. The van der Waals surface area contributed by atoms with Crippen molar-refractivity contribution in [3.8, 4) is 17.6 Å². The average Bonchev–Trinajstić information content (AvgIpc) is 2.47. The van der Waals surface area contributed by atoms with Gasteiger partial charge in [-0.15, -0.1) is 0 Å². The van der Waals surface area contributed by atoms with Crippen molar-refractivity contribution in [3.63, 3.8) is 0 Å². The summed E-state index contributed by atoms with van der Waals surface area (Å²) >= 11 is 0. The first-order valence-electron chi connectivity index (χ1n) is 5.67. The van der Waals surface area contributed by atoms with Gasteiger partial charge in [0.2, 0.25) is 0 Å². The van der Waals surface area contributed by atoms with E-state index in [1.54, 1.807) is 6.07 Å². The first-order valence-corrected chi connectivity index (χ1v) is 5.67. The van der Waals surface area contributed by atoms with Gasteiger partial charge in [-0.05, 0) is 24.3 Å². The van der Waals surface area contributed by atoms with Gasteiger partial charge in [0.25, 0.3) is 5.69 Å². The van der Waals surface area contributed by atoms with E-state index < -0.39 is 10.7 Å². The van der Waals surface area contributed by atoms with E-state index in [0.29, 0.717) is 6.29 Å². The standard InChI is InChI=1S/C14H7FN2O4/c15-12-2-1-3-14(11(12)7-16)21-10-4-5-13(17(19)20)9(6-10)8-18/h1-6,8H. The fourth-order valence-corrected chi connectivity index (χ4v) is 1.68. The van der Waals surface area contributed by atoms with E-state index in [0.717, 1.165) is 18.2 Å². The van der Waals surface area contributed by atoms with Gasteiger partial charge >= 0.3 is 0 Å². The zero-order valence-corrected chi connectivity index (χ0v) is 10.4. The Labute approximate surface area is 118 Å². The van der Waals surface area contributed by atoms with Crippen molar-refractivity contribution in [2.75, 3.05) is 0 Å². The van der Waals surface area contributed by atoms with Gasteiger partial charge < -0.3 is 4.74 Å². The Bertz CT molecular complexity index is 768. The van der Waals surface area contributed by atoms with Crippen LogP contribution in [-0.4, -0.2) is 11.2 Å². The van der Waals surface area contributed by atoms with Crippen LogP contribution in [0.5, 0.6) is 11.5 Å². The van der Waals surface area contributed by atoms with Crippen molar-refractivity contribution >= 4 is 12.0 Å². The molecule has 0 heterocycles. The van der Waals surface area contributed by atoms with Crippen LogP contribution in [-0.2, 0) is 0 Å². The largest absolute Gasteiger partial charge is 0.456 e. The van der Waals surface area contributed by atoms with Crippen LogP contribution in [0.1, 0.15) is 15.9 Å². The molecule has 0 saturated carbocycles. The van der Waals surface area contributed by atoms with E-state index in [-0.39, 0.29) is 28.3 Å². The van der Waals surface area contributed by atoms with Gasteiger partial charge in [0.15, 0.2) is 6.29 Å². The average molecular weight is 286 g/mol. The Morgan fingerprint density at radius 1 is 1.33 bits per heavy atom. The molecule has 2 aromatic carbocycles. The molecule has 0 spiro atoms. The lowest BCUT2D eigenvalue weighted by Gasteiger charge is -2.08. The molecule has 0 N–H and O–H groups in total. The maximum atomic E-state index is 13.4. The monoisotopic (exact) mass is 286 g/mol. The van der Waals surface area contributed by atoms with Gasteiger partial charge in [0.05, 0.1) is 10.5 Å². The van der Waals surface area contributed by atoms with E-state index in [9.17, 15) is 19.3 Å². The van der Waals surface area contributed by atoms with Crippen molar-refractivity contribution in [1.82, 2.24) is 0 Å². The smallest absolute Gasteiger partial charge is 0.280 e. The lowest BCUT2D eigenvalue weighted by atomic mass is 10.2. The summed E-state index contributed by atoms with van der Waals surface area (Å²) in [7, 11) is 0. The molecule has 2 rings (SSSR count). The molecular formula is C14H7FN2O4. The van der Waals surface area contributed by atoms with Crippen molar-refractivity contribution in [2.24, 2.45) is 0 Å². The Morgan fingerprint density at radius 3 is 2.71 bits per heavy atom. The number of benzene rings is 2. The third kappa shape index (κ3) is 2.84. The molecule has 0 aliphatic heterocycles. The third-order valence-electron chi connectivity index (χ3n) is 2.64. The van der Waals surface area contributed by atoms with E-state index in [1.807, 2.05) is 0 Å². The number of nitro groups is 1. The van der Waals surface area contributed by atoms with Crippen molar-refractivity contribution in [1.29, 1.82) is 5.26 Å². The zero-order valence-electron chi connectivity index (χ0n) is 10.4. The van der Waals surface area contributed by atoms with Crippen LogP contribution in [0.15, 0.2) is 36.4 Å². The molecule has 0 unspecified atom stereocenters. The Hall–Kier alpha value is -3.27. The third-order valence-corrected chi connectivity index (χ3v) is 2.64. The topological polar surface area (TPSA) is 93.2 Å². The highest BCUT2D eigenvalue weighted by Gasteiger charge is 2.15. The summed E-state index contributed by atoms with van der Waals surface area (Å²) in [6, 6.07) is 9.02. The molecule has 0 amide bonds. The fraction of sp³-hybridized carbons (Fsp3) is 0. The molecule has 6 nitrogen and oxygen atoms in total. The van der Waals surface area contributed by atoms with Crippen molar-refractivity contribution < 1.29 is 18.8 Å². The summed E-state index contributed by atoms with van der Waals surface area (Å²) in [6.07, 6.45) is 0.321. The molecule has 104 valence electrons. The second-order valence-electron chi connectivity index (χ2n) is 3.92. The highest BCUT2D eigenvalue weighted by atomic mass is 19.1. The zero-order chi connectivity index (χ0) is 15.4. The van der Waals surface area contributed by atoms with Gasteiger partial charge in [-0.2, -0.15) is 5.26 Å². The highest BCUT2D eigenvalue weighted by Crippen LogP contribution is 2.29. The summed E-state index contributed by atoms with van der Waals surface area (Å²) in [5, 5.41) is 19.6. The van der Waals surface area contributed by atoms with Crippen molar-refractivity contribution in [3.05, 3.63) is 63.5 Å². The number of carbonyl (C=O) groups excluding carboxylic acids is 1. The molecule has 0 radical (unpaired) electrons. The van der Waals surface area contributed by atoms with Crippen molar-refractivity contribution in [2.45, 2.75) is 0 Å². The van der Waals surface area contributed by atoms with Crippen LogP contribution in [0.2, 0.25) is 0 Å².